The molecule has 1 aliphatic rings. The molecule has 8 heteroatoms. The highest BCUT2D eigenvalue weighted by atomic mass is 35.5. The number of Topliss-reactive ketones (excluding diaryl/α,β-unsaturated/α-hetero) is 2. The summed E-state index contributed by atoms with van der Waals surface area (Å²) >= 11 is 6.09. The fraction of sp³-hybridized carbons (Fsp3) is 0.259. The molecule has 182 valence electrons. The van der Waals surface area contributed by atoms with E-state index in [4.69, 9.17) is 11.6 Å². The van der Waals surface area contributed by atoms with Crippen molar-refractivity contribution in [2.24, 2.45) is 11.8 Å². The van der Waals surface area contributed by atoms with Crippen molar-refractivity contribution in [2.75, 3.05) is 26.2 Å². The summed E-state index contributed by atoms with van der Waals surface area (Å²) in [5.74, 6) is -4.19. The van der Waals surface area contributed by atoms with Crippen LogP contribution in [0.5, 0.6) is 11.5 Å². The van der Waals surface area contributed by atoms with Gasteiger partial charge in [-0.2, -0.15) is 0 Å². The fourth-order valence-electron chi connectivity index (χ4n) is 4.91. The van der Waals surface area contributed by atoms with Gasteiger partial charge in [0.1, 0.15) is 17.3 Å². The number of aliphatic hydroxyl groups excluding tert-OH is 1. The number of carbonyl (C=O) groups excluding carboxylic acids is 2. The first-order valence-electron chi connectivity index (χ1n) is 11.2. The zero-order valence-corrected chi connectivity index (χ0v) is 19.5. The maximum atomic E-state index is 15.3. The molecule has 2 atom stereocenters. The number of benzene rings is 3. The van der Waals surface area contributed by atoms with Gasteiger partial charge in [0.25, 0.3) is 0 Å². The molecular formula is C27H25ClFNO5. The number of aromatic hydroxyl groups is 2. The van der Waals surface area contributed by atoms with Gasteiger partial charge in [-0.05, 0) is 35.9 Å². The van der Waals surface area contributed by atoms with Crippen LogP contribution in [0.25, 0.3) is 0 Å². The molecule has 1 aliphatic heterocycles. The number of aliphatic hydroxyl groups is 1. The number of piperidine rings is 1. The Kier molecular flexibility index (Phi) is 7.50. The molecule has 6 nitrogen and oxygen atoms in total. The molecule has 3 aromatic rings. The molecule has 4 rings (SSSR count). The van der Waals surface area contributed by atoms with Crippen LogP contribution < -0.4 is 0 Å². The minimum absolute atomic E-state index is 0.0863. The zero-order chi connectivity index (χ0) is 25.1. The van der Waals surface area contributed by atoms with E-state index in [1.54, 1.807) is 35.2 Å². The maximum absolute atomic E-state index is 15.3. The van der Waals surface area contributed by atoms with Crippen LogP contribution in [0, 0.1) is 17.7 Å². The number of hydrogen-bond acceptors (Lipinski definition) is 6. The molecule has 1 saturated heterocycles. The molecule has 3 aromatic carbocycles. The van der Waals surface area contributed by atoms with Crippen LogP contribution in [0.2, 0.25) is 5.02 Å². The van der Waals surface area contributed by atoms with Gasteiger partial charge in [0.15, 0.2) is 11.6 Å². The van der Waals surface area contributed by atoms with Crippen molar-refractivity contribution in [1.29, 1.82) is 0 Å². The Hall–Kier alpha value is -3.26. The predicted molar refractivity (Wildman–Crippen MR) is 130 cm³/mol. The molecule has 1 fully saturated rings. The van der Waals surface area contributed by atoms with Gasteiger partial charge in [0.05, 0.1) is 11.6 Å². The maximum Gasteiger partial charge on any atom is 0.167 e. The molecule has 0 amide bonds. The number of hydrogen-bond donors (Lipinski definition) is 3. The topological polar surface area (TPSA) is 98.1 Å². The number of phenols is 2. The third kappa shape index (κ3) is 5.22. The number of β-amino-alcohol motifs (C(OH)–C–C–N with tert-alkyl or cyclic N) is 1. The van der Waals surface area contributed by atoms with Gasteiger partial charge in [0, 0.05) is 48.5 Å². The summed E-state index contributed by atoms with van der Waals surface area (Å²) in [7, 11) is 0. The lowest BCUT2D eigenvalue weighted by atomic mass is 9.68. The Balaban J connectivity index is 1.86. The monoisotopic (exact) mass is 497 g/mol. The summed E-state index contributed by atoms with van der Waals surface area (Å²) in [6.07, 6.45) is 0. The Bertz CT molecular complexity index is 1180. The second-order valence-electron chi connectivity index (χ2n) is 8.69. The second-order valence-corrected chi connectivity index (χ2v) is 9.10. The van der Waals surface area contributed by atoms with Crippen molar-refractivity contribution < 1.29 is 29.3 Å². The van der Waals surface area contributed by atoms with Crippen LogP contribution in [-0.4, -0.2) is 58.0 Å². The number of rotatable bonds is 7. The minimum Gasteiger partial charge on any atom is -0.508 e. The lowest BCUT2D eigenvalue weighted by Crippen LogP contribution is -2.51. The summed E-state index contributed by atoms with van der Waals surface area (Å²) < 4.78 is 15.3. The zero-order valence-electron chi connectivity index (χ0n) is 18.8. The summed E-state index contributed by atoms with van der Waals surface area (Å²) in [4.78, 5) is 29.3. The first kappa shape index (κ1) is 24.9. The molecule has 1 heterocycles. The first-order chi connectivity index (χ1) is 16.8. The highest BCUT2D eigenvalue weighted by Gasteiger charge is 2.45. The van der Waals surface area contributed by atoms with Crippen molar-refractivity contribution in [1.82, 2.24) is 4.90 Å². The molecule has 3 N–H and O–H groups in total. The van der Waals surface area contributed by atoms with Crippen LogP contribution in [0.3, 0.4) is 0 Å². The van der Waals surface area contributed by atoms with Crippen LogP contribution in [0.1, 0.15) is 32.2 Å². The van der Waals surface area contributed by atoms with Gasteiger partial charge in [-0.25, -0.2) is 4.39 Å². The third-order valence-electron chi connectivity index (χ3n) is 6.47. The molecule has 0 saturated carbocycles. The van der Waals surface area contributed by atoms with Crippen LogP contribution in [0.4, 0.5) is 4.39 Å². The second kappa shape index (κ2) is 10.6. The van der Waals surface area contributed by atoms with Gasteiger partial charge >= 0.3 is 0 Å². The largest absolute Gasteiger partial charge is 0.508 e. The van der Waals surface area contributed by atoms with E-state index in [0.717, 1.165) is 0 Å². The highest BCUT2D eigenvalue weighted by molar-refractivity contribution is 6.30. The molecule has 35 heavy (non-hydrogen) atoms. The Morgan fingerprint density at radius 1 is 0.886 bits per heavy atom. The Morgan fingerprint density at radius 3 is 1.89 bits per heavy atom. The van der Waals surface area contributed by atoms with Crippen molar-refractivity contribution >= 4 is 23.2 Å². The van der Waals surface area contributed by atoms with Gasteiger partial charge in [-0.15, -0.1) is 0 Å². The van der Waals surface area contributed by atoms with E-state index >= 15 is 4.39 Å². The van der Waals surface area contributed by atoms with E-state index in [1.165, 1.54) is 36.4 Å². The molecule has 0 aromatic heterocycles. The van der Waals surface area contributed by atoms with Crippen molar-refractivity contribution in [3.05, 3.63) is 94.3 Å². The molecular weight excluding hydrogens is 473 g/mol. The van der Waals surface area contributed by atoms with Crippen molar-refractivity contribution in [2.45, 2.75) is 5.92 Å². The number of halogens is 2. The van der Waals surface area contributed by atoms with E-state index in [-0.39, 0.29) is 71.0 Å². The molecule has 0 unspecified atom stereocenters. The summed E-state index contributed by atoms with van der Waals surface area (Å²) in [5.41, 5.74) is 0.617. The number of likely N-dealkylation sites (tertiary alicyclic amines) is 1. The fourth-order valence-corrected chi connectivity index (χ4v) is 5.09. The van der Waals surface area contributed by atoms with Crippen molar-refractivity contribution in [3.63, 3.8) is 0 Å². The number of carbonyl (C=O) groups is 2. The quantitative estimate of drug-likeness (QED) is 0.421. The van der Waals surface area contributed by atoms with E-state index in [0.29, 0.717) is 0 Å². The van der Waals surface area contributed by atoms with E-state index in [2.05, 4.69) is 0 Å². The van der Waals surface area contributed by atoms with E-state index in [9.17, 15) is 24.9 Å². The molecule has 0 aliphatic carbocycles. The van der Waals surface area contributed by atoms with Gasteiger partial charge in [0.2, 0.25) is 0 Å². The van der Waals surface area contributed by atoms with E-state index in [1.807, 2.05) is 0 Å². The smallest absolute Gasteiger partial charge is 0.167 e. The van der Waals surface area contributed by atoms with Crippen molar-refractivity contribution in [3.8, 4) is 11.5 Å². The third-order valence-corrected chi connectivity index (χ3v) is 6.76. The molecule has 0 radical (unpaired) electrons. The standard InChI is InChI=1S/C27H25ClFNO5/c28-23-9-3-8-20(25(23)29)24-21(26(34)16-4-1-6-18(32)12-16)14-30(10-11-31)15-22(24)27(35)17-5-2-7-19(33)13-17/h1-9,12-13,21-22,24,31-33H,10-11,14-15H2/t21-,22-/m0/s1. The lowest BCUT2D eigenvalue weighted by molar-refractivity contribution is 0.0525. The predicted octanol–water partition coefficient (Wildman–Crippen LogP) is 4.28. The van der Waals surface area contributed by atoms with Gasteiger partial charge in [-0.3, -0.25) is 14.5 Å². The Labute approximate surface area is 207 Å². The molecule has 0 spiro atoms. The molecule has 0 bridgehead atoms. The SMILES string of the molecule is O=C(c1cccc(O)c1)[C@H]1CN(CCO)C[C@H](C(=O)c2cccc(O)c2)C1c1cccc(Cl)c1F. The van der Waals surface area contributed by atoms with Crippen LogP contribution in [-0.2, 0) is 0 Å². The van der Waals surface area contributed by atoms with Crippen LogP contribution >= 0.6 is 11.6 Å². The van der Waals surface area contributed by atoms with E-state index < -0.39 is 23.6 Å². The van der Waals surface area contributed by atoms with Gasteiger partial charge in [-0.1, -0.05) is 48.0 Å². The van der Waals surface area contributed by atoms with Crippen LogP contribution in [0.15, 0.2) is 66.7 Å². The normalized spacial score (nSPS) is 18.9. The summed E-state index contributed by atoms with van der Waals surface area (Å²) in [6, 6.07) is 16.3. The van der Waals surface area contributed by atoms with Gasteiger partial charge < -0.3 is 15.3 Å². The average Bonchev–Trinajstić information content (AvgIpc) is 2.85. The highest BCUT2D eigenvalue weighted by Crippen LogP contribution is 2.43. The summed E-state index contributed by atoms with van der Waals surface area (Å²) in [5, 5.41) is 29.3. The first-order valence-corrected chi connectivity index (χ1v) is 11.6. The average molecular weight is 498 g/mol. The number of ketones is 2. The lowest BCUT2D eigenvalue weighted by Gasteiger charge is -2.43. The Morgan fingerprint density at radius 2 is 1.40 bits per heavy atom. The number of nitrogens with zero attached hydrogens (tertiary/aromatic N) is 1. The minimum atomic E-state index is -0.867. The number of phenolic OH excluding ortho intramolecular Hbond substituents is 2. The summed E-state index contributed by atoms with van der Waals surface area (Å²) in [6.45, 7) is 0.389.